The van der Waals surface area contributed by atoms with Crippen molar-refractivity contribution in [3.8, 4) is 11.5 Å². The van der Waals surface area contributed by atoms with E-state index in [1.54, 1.807) is 31.3 Å². The number of amidine groups is 1. The van der Waals surface area contributed by atoms with E-state index in [-0.39, 0.29) is 12.5 Å². The Kier molecular flexibility index (Phi) is 6.23. The zero-order chi connectivity index (χ0) is 21.0. The molecular weight excluding hydrogens is 390 g/mol. The minimum absolute atomic E-state index is 0.131. The van der Waals surface area contributed by atoms with Crippen molar-refractivity contribution in [3.05, 3.63) is 58.5 Å². The van der Waals surface area contributed by atoms with Crippen LogP contribution in [0.5, 0.6) is 11.5 Å². The van der Waals surface area contributed by atoms with Crippen LogP contribution in [-0.4, -0.2) is 42.6 Å². The number of nitrogens with zero attached hydrogens (tertiary/aromatic N) is 2. The van der Waals surface area contributed by atoms with E-state index in [4.69, 9.17) is 15.2 Å². The van der Waals surface area contributed by atoms with Gasteiger partial charge in [0.05, 0.1) is 17.7 Å². The lowest BCUT2D eigenvalue weighted by molar-refractivity contribution is -0.121. The lowest BCUT2D eigenvalue weighted by Crippen LogP contribution is -2.23. The van der Waals surface area contributed by atoms with E-state index in [1.165, 1.54) is 23.8 Å². The molecule has 0 bridgehead atoms. The molecule has 3 rings (SSSR count). The number of aliphatic imine (C=N–C) groups is 1. The molecule has 2 aromatic carbocycles. The number of amides is 2. The maximum Gasteiger partial charge on any atom is 0.266 e. The Bertz CT molecular complexity index is 999. The zero-order valence-electron chi connectivity index (χ0n) is 16.3. The number of rotatable bonds is 6. The van der Waals surface area contributed by atoms with Crippen molar-refractivity contribution in [2.24, 2.45) is 10.7 Å². The van der Waals surface area contributed by atoms with Gasteiger partial charge in [-0.3, -0.25) is 14.5 Å². The highest BCUT2D eigenvalue weighted by molar-refractivity contribution is 8.18. The zero-order valence-corrected chi connectivity index (χ0v) is 17.2. The molecule has 0 unspecified atom stereocenters. The molecule has 0 spiro atoms. The molecule has 1 aliphatic heterocycles. The number of benzene rings is 2. The second-order valence-corrected chi connectivity index (χ2v) is 7.38. The molecule has 8 heteroatoms. The molecular formula is C21H21N3O4S. The number of nitrogens with two attached hydrogens (primary N) is 1. The fourth-order valence-corrected chi connectivity index (χ4v) is 3.56. The van der Waals surface area contributed by atoms with Gasteiger partial charge in [0.2, 0.25) is 0 Å². The van der Waals surface area contributed by atoms with Crippen LogP contribution in [0, 0.1) is 6.92 Å². The molecule has 1 heterocycles. The van der Waals surface area contributed by atoms with Crippen molar-refractivity contribution < 1.29 is 19.1 Å². The second-order valence-electron chi connectivity index (χ2n) is 6.37. The summed E-state index contributed by atoms with van der Waals surface area (Å²) in [6.45, 7) is 1.77. The number of methoxy groups -OCH3 is 1. The number of aryl methyl sites for hydroxylation is 1. The molecule has 150 valence electrons. The van der Waals surface area contributed by atoms with Crippen LogP contribution in [0.1, 0.15) is 11.1 Å². The first kappa shape index (κ1) is 20.5. The van der Waals surface area contributed by atoms with Gasteiger partial charge in [0.15, 0.2) is 23.3 Å². The highest BCUT2D eigenvalue weighted by atomic mass is 32.2. The van der Waals surface area contributed by atoms with Crippen molar-refractivity contribution in [2.75, 3.05) is 20.8 Å². The predicted octanol–water partition coefficient (Wildman–Crippen LogP) is 3.10. The number of primary amides is 1. The quantitative estimate of drug-likeness (QED) is 0.737. The van der Waals surface area contributed by atoms with Crippen molar-refractivity contribution in [3.63, 3.8) is 0 Å². The minimum Gasteiger partial charge on any atom is -0.493 e. The topological polar surface area (TPSA) is 94.2 Å². The number of ether oxygens (including phenoxy) is 2. The third-order valence-electron chi connectivity index (χ3n) is 4.12. The maximum absolute atomic E-state index is 12.6. The third kappa shape index (κ3) is 4.97. The van der Waals surface area contributed by atoms with Gasteiger partial charge >= 0.3 is 0 Å². The molecule has 0 radical (unpaired) electrons. The van der Waals surface area contributed by atoms with Crippen molar-refractivity contribution in [1.29, 1.82) is 0 Å². The molecule has 1 fully saturated rings. The standard InChI is InChI=1S/C21H21N3O4S/c1-13-4-7-15(8-5-13)23-21-24(2)20(26)18(29-21)11-14-6-9-16(17(10-14)27-3)28-12-19(22)25/h4-11H,12H2,1-3H3,(H2,22,25)/b18-11+,23-21?. The van der Waals surface area contributed by atoms with E-state index in [2.05, 4.69) is 4.99 Å². The lowest BCUT2D eigenvalue weighted by Gasteiger charge is -2.10. The highest BCUT2D eigenvalue weighted by Crippen LogP contribution is 2.35. The largest absolute Gasteiger partial charge is 0.493 e. The summed E-state index contributed by atoms with van der Waals surface area (Å²) in [5.41, 5.74) is 7.80. The number of thioether (sulfide) groups is 1. The van der Waals surface area contributed by atoms with Gasteiger partial charge in [-0.25, -0.2) is 4.99 Å². The summed E-state index contributed by atoms with van der Waals surface area (Å²) in [7, 11) is 3.20. The predicted molar refractivity (Wildman–Crippen MR) is 114 cm³/mol. The Balaban J connectivity index is 1.83. The third-order valence-corrected chi connectivity index (χ3v) is 5.18. The highest BCUT2D eigenvalue weighted by Gasteiger charge is 2.30. The Morgan fingerprint density at radius 3 is 2.59 bits per heavy atom. The summed E-state index contributed by atoms with van der Waals surface area (Å²) in [6, 6.07) is 13.0. The van der Waals surface area contributed by atoms with Crippen molar-refractivity contribution in [2.45, 2.75) is 6.92 Å². The average molecular weight is 411 g/mol. The summed E-state index contributed by atoms with van der Waals surface area (Å²) in [4.78, 5) is 30.2. The number of likely N-dealkylation sites (N-methyl/N-ethyl adjacent to an activating group) is 1. The fraction of sp³-hybridized carbons (Fsp3) is 0.190. The first-order valence-corrected chi connectivity index (χ1v) is 9.61. The SMILES string of the molecule is COc1cc(/C=C2/SC(=Nc3ccc(C)cc3)N(C)C2=O)ccc1OCC(N)=O. The lowest BCUT2D eigenvalue weighted by atomic mass is 10.2. The van der Waals surface area contributed by atoms with Crippen LogP contribution in [-0.2, 0) is 9.59 Å². The van der Waals surface area contributed by atoms with E-state index in [0.29, 0.717) is 21.6 Å². The van der Waals surface area contributed by atoms with Crippen molar-refractivity contribution >= 4 is 40.5 Å². The second kappa shape index (κ2) is 8.83. The number of hydrogen-bond acceptors (Lipinski definition) is 6. The molecule has 7 nitrogen and oxygen atoms in total. The number of hydrogen-bond donors (Lipinski definition) is 1. The maximum atomic E-state index is 12.6. The fourth-order valence-electron chi connectivity index (χ4n) is 2.57. The Morgan fingerprint density at radius 2 is 1.93 bits per heavy atom. The first-order valence-electron chi connectivity index (χ1n) is 8.79. The molecule has 0 saturated carbocycles. The van der Waals surface area contributed by atoms with Gasteiger partial charge in [0.1, 0.15) is 0 Å². The molecule has 2 aromatic rings. The summed E-state index contributed by atoms with van der Waals surface area (Å²) in [5.74, 6) is 0.138. The Hall–Kier alpha value is -3.26. The van der Waals surface area contributed by atoms with Gasteiger partial charge in [0, 0.05) is 7.05 Å². The van der Waals surface area contributed by atoms with Gasteiger partial charge < -0.3 is 15.2 Å². The summed E-state index contributed by atoms with van der Waals surface area (Å²) in [5, 5.41) is 0.610. The smallest absolute Gasteiger partial charge is 0.266 e. The Morgan fingerprint density at radius 1 is 1.21 bits per heavy atom. The molecule has 1 saturated heterocycles. The molecule has 0 aromatic heterocycles. The van der Waals surface area contributed by atoms with Crippen LogP contribution in [0.2, 0.25) is 0 Å². The number of carbonyl (C=O) groups excluding carboxylic acids is 2. The van der Waals surface area contributed by atoms with Crippen LogP contribution < -0.4 is 15.2 Å². The van der Waals surface area contributed by atoms with Crippen LogP contribution in [0.25, 0.3) is 6.08 Å². The first-order chi connectivity index (χ1) is 13.9. The van der Waals surface area contributed by atoms with E-state index >= 15 is 0 Å². The van der Waals surface area contributed by atoms with Gasteiger partial charge in [-0.05, 0) is 54.6 Å². The van der Waals surface area contributed by atoms with E-state index in [1.807, 2.05) is 31.2 Å². The minimum atomic E-state index is -0.574. The normalized spacial score (nSPS) is 16.5. The van der Waals surface area contributed by atoms with Gasteiger partial charge in [-0.1, -0.05) is 23.8 Å². The van der Waals surface area contributed by atoms with E-state index in [9.17, 15) is 9.59 Å². The average Bonchev–Trinajstić information content (AvgIpc) is 2.96. The molecule has 2 amide bonds. The van der Waals surface area contributed by atoms with Crippen molar-refractivity contribution in [1.82, 2.24) is 4.90 Å². The van der Waals surface area contributed by atoms with Gasteiger partial charge in [0.25, 0.3) is 11.8 Å². The molecule has 29 heavy (non-hydrogen) atoms. The molecule has 2 N–H and O–H groups in total. The molecule has 0 aliphatic carbocycles. The van der Waals surface area contributed by atoms with E-state index < -0.39 is 5.91 Å². The summed E-state index contributed by atoms with van der Waals surface area (Å²) >= 11 is 1.31. The van der Waals surface area contributed by atoms with Crippen LogP contribution in [0.4, 0.5) is 5.69 Å². The molecule has 0 atom stereocenters. The van der Waals surface area contributed by atoms with Gasteiger partial charge in [-0.2, -0.15) is 0 Å². The van der Waals surface area contributed by atoms with Gasteiger partial charge in [-0.15, -0.1) is 0 Å². The number of carbonyl (C=O) groups is 2. The Labute approximate surface area is 173 Å². The summed E-state index contributed by atoms with van der Waals surface area (Å²) in [6.07, 6.45) is 1.77. The van der Waals surface area contributed by atoms with E-state index in [0.717, 1.165) is 16.8 Å². The summed E-state index contributed by atoms with van der Waals surface area (Å²) < 4.78 is 10.6. The van der Waals surface area contributed by atoms with Crippen LogP contribution >= 0.6 is 11.8 Å². The van der Waals surface area contributed by atoms with Crippen LogP contribution in [0.3, 0.4) is 0 Å². The monoisotopic (exact) mass is 411 g/mol. The van der Waals surface area contributed by atoms with Crippen LogP contribution in [0.15, 0.2) is 52.4 Å². The molecule has 1 aliphatic rings.